The van der Waals surface area contributed by atoms with Crippen molar-refractivity contribution in [3.8, 4) is 0 Å². The molecule has 1 fully saturated rings. The van der Waals surface area contributed by atoms with E-state index in [4.69, 9.17) is 5.73 Å². The monoisotopic (exact) mass is 359 g/mol. The smallest absolute Gasteiger partial charge is 0.253 e. The van der Waals surface area contributed by atoms with Crippen molar-refractivity contribution in [3.05, 3.63) is 65.2 Å². The van der Waals surface area contributed by atoms with Crippen molar-refractivity contribution < 1.29 is 4.79 Å². The summed E-state index contributed by atoms with van der Waals surface area (Å²) in [6, 6.07) is 15.9. The minimum Gasteiger partial charge on any atom is -0.399 e. The van der Waals surface area contributed by atoms with Gasteiger partial charge in [-0.15, -0.1) is 12.4 Å². The standard InChI is InChI=1S/C20H25N3O.ClH/c1-16-5-2-7-18(13-16)20(24)23-10-4-9-22(11-12-23)15-17-6-3-8-19(21)14-17;/h2-3,5-8,13-14H,4,9-12,15,21H2,1H3;1H. The number of carbonyl (C=O) groups excluding carboxylic acids is 1. The normalized spacial score (nSPS) is 15.3. The van der Waals surface area contributed by atoms with Gasteiger partial charge >= 0.3 is 0 Å². The Hall–Kier alpha value is -2.04. The summed E-state index contributed by atoms with van der Waals surface area (Å²) in [6.07, 6.45) is 1.000. The van der Waals surface area contributed by atoms with Crippen LogP contribution in [0.1, 0.15) is 27.9 Å². The first-order valence-electron chi connectivity index (χ1n) is 8.54. The fourth-order valence-electron chi connectivity index (χ4n) is 3.24. The largest absolute Gasteiger partial charge is 0.399 e. The molecule has 1 saturated heterocycles. The molecule has 0 aliphatic carbocycles. The molecule has 0 atom stereocenters. The van der Waals surface area contributed by atoms with Gasteiger partial charge in [-0.05, 0) is 43.2 Å². The van der Waals surface area contributed by atoms with Crippen LogP contribution < -0.4 is 5.73 Å². The highest BCUT2D eigenvalue weighted by Gasteiger charge is 2.20. The van der Waals surface area contributed by atoms with Crippen LogP contribution in [0.4, 0.5) is 5.69 Å². The minimum atomic E-state index is 0. The van der Waals surface area contributed by atoms with Crippen LogP contribution in [0.15, 0.2) is 48.5 Å². The van der Waals surface area contributed by atoms with E-state index in [9.17, 15) is 4.79 Å². The number of carbonyl (C=O) groups is 1. The number of anilines is 1. The molecule has 1 aliphatic rings. The number of benzene rings is 2. The first kappa shape index (κ1) is 19.3. The summed E-state index contributed by atoms with van der Waals surface area (Å²) in [4.78, 5) is 17.1. The summed E-state index contributed by atoms with van der Waals surface area (Å²) in [5, 5.41) is 0. The highest BCUT2D eigenvalue weighted by Crippen LogP contribution is 2.14. The summed E-state index contributed by atoms with van der Waals surface area (Å²) in [5.74, 6) is 0.143. The van der Waals surface area contributed by atoms with E-state index in [-0.39, 0.29) is 18.3 Å². The van der Waals surface area contributed by atoms with Crippen LogP contribution in [-0.2, 0) is 6.54 Å². The molecular formula is C20H26ClN3O. The number of rotatable bonds is 3. The molecule has 5 heteroatoms. The van der Waals surface area contributed by atoms with Gasteiger partial charge in [-0.3, -0.25) is 9.69 Å². The van der Waals surface area contributed by atoms with Crippen LogP contribution in [-0.4, -0.2) is 41.9 Å². The first-order chi connectivity index (χ1) is 11.6. The van der Waals surface area contributed by atoms with Crippen LogP contribution in [0.2, 0.25) is 0 Å². The predicted octanol–water partition coefficient (Wildman–Crippen LogP) is 3.35. The van der Waals surface area contributed by atoms with E-state index < -0.39 is 0 Å². The minimum absolute atomic E-state index is 0. The van der Waals surface area contributed by atoms with E-state index >= 15 is 0 Å². The fraction of sp³-hybridized carbons (Fsp3) is 0.350. The second-order valence-corrected chi connectivity index (χ2v) is 6.54. The first-order valence-corrected chi connectivity index (χ1v) is 8.54. The zero-order valence-corrected chi connectivity index (χ0v) is 15.5. The molecule has 0 aromatic heterocycles. The molecule has 0 radical (unpaired) electrons. The van der Waals surface area contributed by atoms with Crippen LogP contribution >= 0.6 is 12.4 Å². The topological polar surface area (TPSA) is 49.6 Å². The van der Waals surface area contributed by atoms with Crippen LogP contribution in [0.3, 0.4) is 0 Å². The van der Waals surface area contributed by atoms with Crippen molar-refractivity contribution in [1.29, 1.82) is 0 Å². The fourth-order valence-corrected chi connectivity index (χ4v) is 3.24. The van der Waals surface area contributed by atoms with Crippen molar-refractivity contribution in [1.82, 2.24) is 9.80 Å². The zero-order valence-electron chi connectivity index (χ0n) is 14.6. The van der Waals surface area contributed by atoms with Gasteiger partial charge in [-0.25, -0.2) is 0 Å². The van der Waals surface area contributed by atoms with Crippen molar-refractivity contribution in [2.75, 3.05) is 31.9 Å². The maximum Gasteiger partial charge on any atom is 0.253 e. The number of aryl methyl sites for hydroxylation is 1. The molecule has 1 aliphatic heterocycles. The molecule has 1 amide bonds. The number of hydrogen-bond donors (Lipinski definition) is 1. The quantitative estimate of drug-likeness (QED) is 0.855. The molecule has 0 unspecified atom stereocenters. The average Bonchev–Trinajstić information content (AvgIpc) is 2.80. The van der Waals surface area contributed by atoms with E-state index in [0.717, 1.165) is 56.0 Å². The molecule has 0 saturated carbocycles. The Morgan fingerprint density at radius 1 is 1.04 bits per heavy atom. The van der Waals surface area contributed by atoms with Gasteiger partial charge in [0.2, 0.25) is 0 Å². The number of halogens is 1. The summed E-state index contributed by atoms with van der Waals surface area (Å²) in [5.41, 5.74) is 9.81. The number of hydrogen-bond acceptors (Lipinski definition) is 3. The molecular weight excluding hydrogens is 334 g/mol. The van der Waals surface area contributed by atoms with Gasteiger partial charge in [0.25, 0.3) is 5.91 Å². The molecule has 3 rings (SSSR count). The zero-order chi connectivity index (χ0) is 16.9. The Kier molecular flexibility index (Phi) is 6.85. The van der Waals surface area contributed by atoms with Crippen LogP contribution in [0.5, 0.6) is 0 Å². The highest BCUT2D eigenvalue weighted by atomic mass is 35.5. The maximum atomic E-state index is 12.7. The third-order valence-corrected chi connectivity index (χ3v) is 4.50. The lowest BCUT2D eigenvalue weighted by molar-refractivity contribution is 0.0761. The molecule has 2 aromatic carbocycles. The third-order valence-electron chi connectivity index (χ3n) is 4.50. The lowest BCUT2D eigenvalue weighted by Crippen LogP contribution is -2.35. The lowest BCUT2D eigenvalue weighted by atomic mass is 10.1. The van der Waals surface area contributed by atoms with Gasteiger partial charge in [-0.2, -0.15) is 0 Å². The number of amides is 1. The number of nitrogens with two attached hydrogens (primary N) is 1. The molecule has 25 heavy (non-hydrogen) atoms. The van der Waals surface area contributed by atoms with Gasteiger partial charge in [0.1, 0.15) is 0 Å². The molecule has 0 bridgehead atoms. The van der Waals surface area contributed by atoms with E-state index in [2.05, 4.69) is 11.0 Å². The van der Waals surface area contributed by atoms with Gasteiger partial charge < -0.3 is 10.6 Å². The molecule has 2 aromatic rings. The highest BCUT2D eigenvalue weighted by molar-refractivity contribution is 5.94. The predicted molar refractivity (Wildman–Crippen MR) is 105 cm³/mol. The second-order valence-electron chi connectivity index (χ2n) is 6.54. The second kappa shape index (κ2) is 8.88. The third kappa shape index (κ3) is 5.21. The molecule has 0 spiro atoms. The molecule has 2 N–H and O–H groups in total. The van der Waals surface area contributed by atoms with Gasteiger partial charge in [-0.1, -0.05) is 29.8 Å². The van der Waals surface area contributed by atoms with Gasteiger partial charge in [0, 0.05) is 44.0 Å². The molecule has 1 heterocycles. The van der Waals surface area contributed by atoms with E-state index in [0.29, 0.717) is 0 Å². The van der Waals surface area contributed by atoms with Crippen molar-refractivity contribution in [3.63, 3.8) is 0 Å². The SMILES string of the molecule is Cc1cccc(C(=O)N2CCCN(Cc3cccc(N)c3)CC2)c1.Cl. The Labute approximate surface area is 156 Å². The Morgan fingerprint density at radius 3 is 2.60 bits per heavy atom. The molecule has 134 valence electrons. The van der Waals surface area contributed by atoms with E-state index in [1.165, 1.54) is 5.56 Å². The lowest BCUT2D eigenvalue weighted by Gasteiger charge is -2.22. The summed E-state index contributed by atoms with van der Waals surface area (Å²) >= 11 is 0. The molecule has 4 nitrogen and oxygen atoms in total. The van der Waals surface area contributed by atoms with Crippen molar-refractivity contribution in [2.24, 2.45) is 0 Å². The summed E-state index contributed by atoms with van der Waals surface area (Å²) in [6.45, 7) is 6.40. The Morgan fingerprint density at radius 2 is 1.84 bits per heavy atom. The Balaban J connectivity index is 0.00000225. The summed E-state index contributed by atoms with van der Waals surface area (Å²) in [7, 11) is 0. The van der Waals surface area contributed by atoms with Gasteiger partial charge in [0.15, 0.2) is 0 Å². The van der Waals surface area contributed by atoms with Gasteiger partial charge in [0.05, 0.1) is 0 Å². The van der Waals surface area contributed by atoms with Crippen molar-refractivity contribution in [2.45, 2.75) is 19.9 Å². The van der Waals surface area contributed by atoms with E-state index in [1.807, 2.05) is 54.3 Å². The van der Waals surface area contributed by atoms with E-state index in [1.54, 1.807) is 0 Å². The van der Waals surface area contributed by atoms with Crippen LogP contribution in [0, 0.1) is 6.92 Å². The average molecular weight is 360 g/mol. The van der Waals surface area contributed by atoms with Crippen molar-refractivity contribution >= 4 is 24.0 Å². The van der Waals surface area contributed by atoms with Crippen LogP contribution in [0.25, 0.3) is 0 Å². The number of nitrogen functional groups attached to an aromatic ring is 1. The summed E-state index contributed by atoms with van der Waals surface area (Å²) < 4.78 is 0. The number of nitrogens with zero attached hydrogens (tertiary/aromatic N) is 2. The maximum absolute atomic E-state index is 12.7. The Bertz CT molecular complexity index is 720.